The summed E-state index contributed by atoms with van der Waals surface area (Å²) in [7, 11) is -3.18. The quantitative estimate of drug-likeness (QED) is 0.717. The molecule has 0 aliphatic carbocycles. The maximum absolute atomic E-state index is 11.6. The van der Waals surface area contributed by atoms with E-state index in [1.54, 1.807) is 29.8 Å². The van der Waals surface area contributed by atoms with E-state index in [2.05, 4.69) is 20.2 Å². The van der Waals surface area contributed by atoms with E-state index in [-0.39, 0.29) is 0 Å². The van der Waals surface area contributed by atoms with Gasteiger partial charge in [-0.25, -0.2) is 18.4 Å². The lowest BCUT2D eigenvalue weighted by Crippen LogP contribution is -2.19. The van der Waals surface area contributed by atoms with Crippen LogP contribution in [0.1, 0.15) is 12.8 Å². The molecule has 1 aromatic carbocycles. The summed E-state index contributed by atoms with van der Waals surface area (Å²) in [6.07, 6.45) is 5.25. The van der Waals surface area contributed by atoms with Gasteiger partial charge in [0, 0.05) is 30.3 Å². The molecule has 1 saturated heterocycles. The van der Waals surface area contributed by atoms with Gasteiger partial charge in [-0.2, -0.15) is 0 Å². The number of sulfone groups is 1. The Kier molecular flexibility index (Phi) is 3.77. The Hall–Kier alpha value is -1.99. The summed E-state index contributed by atoms with van der Waals surface area (Å²) in [5.41, 5.74) is 2.93. The molecule has 1 aliphatic heterocycles. The van der Waals surface area contributed by atoms with Crippen LogP contribution in [-0.4, -0.2) is 37.7 Å². The van der Waals surface area contributed by atoms with E-state index in [4.69, 9.17) is 0 Å². The van der Waals surface area contributed by atoms with Crippen molar-refractivity contribution in [3.63, 3.8) is 0 Å². The van der Waals surface area contributed by atoms with Crippen LogP contribution in [0.5, 0.6) is 0 Å². The zero-order chi connectivity index (χ0) is 16.7. The highest BCUT2D eigenvalue weighted by molar-refractivity contribution is 7.90. The van der Waals surface area contributed by atoms with Crippen LogP contribution in [0.25, 0.3) is 21.3 Å². The summed E-state index contributed by atoms with van der Waals surface area (Å²) in [5, 5.41) is 2.08. The van der Waals surface area contributed by atoms with Crippen LogP contribution in [0.15, 0.2) is 40.9 Å². The van der Waals surface area contributed by atoms with E-state index in [0.717, 1.165) is 40.3 Å². The maximum atomic E-state index is 11.6. The zero-order valence-corrected chi connectivity index (χ0v) is 14.9. The molecule has 24 heavy (non-hydrogen) atoms. The SMILES string of the molecule is CS(=O)(=O)c1ccc(-c2csc3c(N4CCCC4)ncnc23)cc1. The first kappa shape index (κ1) is 15.5. The van der Waals surface area contributed by atoms with E-state index < -0.39 is 9.84 Å². The average molecular weight is 359 g/mol. The molecule has 3 heterocycles. The molecular formula is C17H17N3O2S2. The largest absolute Gasteiger partial charge is 0.355 e. The number of aromatic nitrogens is 2. The first-order valence-corrected chi connectivity index (χ1v) is 10.6. The number of nitrogens with zero attached hydrogens (tertiary/aromatic N) is 3. The molecule has 0 N–H and O–H groups in total. The van der Waals surface area contributed by atoms with E-state index >= 15 is 0 Å². The van der Waals surface area contributed by atoms with Crippen molar-refractivity contribution in [1.29, 1.82) is 0 Å². The molecule has 3 aromatic rings. The van der Waals surface area contributed by atoms with Gasteiger partial charge in [0.25, 0.3) is 0 Å². The molecule has 2 aromatic heterocycles. The summed E-state index contributed by atoms with van der Waals surface area (Å²) >= 11 is 1.65. The third-order valence-electron chi connectivity index (χ3n) is 4.33. The smallest absolute Gasteiger partial charge is 0.175 e. The number of thiophene rings is 1. The van der Waals surface area contributed by atoms with E-state index in [0.29, 0.717) is 4.90 Å². The predicted molar refractivity (Wildman–Crippen MR) is 97.4 cm³/mol. The molecule has 0 unspecified atom stereocenters. The van der Waals surface area contributed by atoms with Crippen LogP contribution in [0.2, 0.25) is 0 Å². The molecule has 0 amide bonds. The predicted octanol–water partition coefficient (Wildman–Crippen LogP) is 3.36. The second-order valence-electron chi connectivity index (χ2n) is 6.02. The number of benzene rings is 1. The standard InChI is InChI=1S/C17H17N3O2S2/c1-24(21,22)13-6-4-12(5-7-13)14-10-23-16-15(14)18-11-19-17(16)20-8-2-3-9-20/h4-7,10-11H,2-3,8-9H2,1H3. The Balaban J connectivity index is 1.79. The Morgan fingerprint density at radius 2 is 1.79 bits per heavy atom. The molecule has 5 nitrogen and oxygen atoms in total. The number of fused-ring (bicyclic) bond motifs is 1. The van der Waals surface area contributed by atoms with Gasteiger partial charge in [-0.1, -0.05) is 12.1 Å². The highest BCUT2D eigenvalue weighted by atomic mass is 32.2. The third kappa shape index (κ3) is 2.67. The van der Waals surface area contributed by atoms with Gasteiger partial charge in [0.15, 0.2) is 9.84 Å². The molecule has 0 radical (unpaired) electrons. The molecule has 124 valence electrons. The van der Waals surface area contributed by atoms with Crippen molar-refractivity contribution in [3.8, 4) is 11.1 Å². The van der Waals surface area contributed by atoms with Crippen molar-refractivity contribution in [1.82, 2.24) is 9.97 Å². The summed E-state index contributed by atoms with van der Waals surface area (Å²) in [5.74, 6) is 1.02. The molecule has 0 spiro atoms. The van der Waals surface area contributed by atoms with Gasteiger partial charge in [0.05, 0.1) is 15.1 Å². The van der Waals surface area contributed by atoms with Crippen molar-refractivity contribution >= 4 is 37.2 Å². The summed E-state index contributed by atoms with van der Waals surface area (Å²) < 4.78 is 24.3. The number of hydrogen-bond donors (Lipinski definition) is 0. The van der Waals surface area contributed by atoms with Gasteiger partial charge in [-0.15, -0.1) is 11.3 Å². The van der Waals surface area contributed by atoms with Gasteiger partial charge in [-0.3, -0.25) is 0 Å². The van der Waals surface area contributed by atoms with Gasteiger partial charge in [0.1, 0.15) is 12.1 Å². The van der Waals surface area contributed by atoms with Crippen molar-refractivity contribution in [2.75, 3.05) is 24.2 Å². The molecule has 7 heteroatoms. The first-order valence-electron chi connectivity index (χ1n) is 7.82. The molecule has 0 saturated carbocycles. The number of rotatable bonds is 3. The highest BCUT2D eigenvalue weighted by Gasteiger charge is 2.19. The van der Waals surface area contributed by atoms with E-state index in [1.165, 1.54) is 19.1 Å². The lowest BCUT2D eigenvalue weighted by Gasteiger charge is -2.16. The van der Waals surface area contributed by atoms with Gasteiger partial charge >= 0.3 is 0 Å². The van der Waals surface area contributed by atoms with Gasteiger partial charge in [-0.05, 0) is 30.5 Å². The molecule has 1 fully saturated rings. The Labute approximate surface area is 144 Å². The Morgan fingerprint density at radius 3 is 2.46 bits per heavy atom. The molecular weight excluding hydrogens is 342 g/mol. The van der Waals surface area contributed by atoms with Crippen molar-refractivity contribution in [2.24, 2.45) is 0 Å². The van der Waals surface area contributed by atoms with Crippen LogP contribution in [0.3, 0.4) is 0 Å². The summed E-state index contributed by atoms with van der Waals surface area (Å²) in [6, 6.07) is 6.98. The minimum absolute atomic E-state index is 0.332. The topological polar surface area (TPSA) is 63.2 Å². The summed E-state index contributed by atoms with van der Waals surface area (Å²) in [4.78, 5) is 11.6. The van der Waals surface area contributed by atoms with Crippen LogP contribution in [0, 0.1) is 0 Å². The van der Waals surface area contributed by atoms with Crippen LogP contribution < -0.4 is 4.90 Å². The second-order valence-corrected chi connectivity index (χ2v) is 8.91. The van der Waals surface area contributed by atoms with E-state index in [1.807, 2.05) is 12.1 Å². The lowest BCUT2D eigenvalue weighted by molar-refractivity contribution is 0.602. The fraction of sp³-hybridized carbons (Fsp3) is 0.294. The number of hydrogen-bond acceptors (Lipinski definition) is 6. The fourth-order valence-corrected chi connectivity index (χ4v) is 4.75. The first-order chi connectivity index (χ1) is 11.5. The van der Waals surface area contributed by atoms with Crippen LogP contribution in [0.4, 0.5) is 5.82 Å². The van der Waals surface area contributed by atoms with Crippen molar-refractivity contribution in [2.45, 2.75) is 17.7 Å². The van der Waals surface area contributed by atoms with Gasteiger partial charge < -0.3 is 4.90 Å². The monoisotopic (exact) mass is 359 g/mol. The highest BCUT2D eigenvalue weighted by Crippen LogP contribution is 2.37. The normalized spacial score (nSPS) is 15.3. The Morgan fingerprint density at radius 1 is 1.08 bits per heavy atom. The van der Waals surface area contributed by atoms with Crippen LogP contribution in [-0.2, 0) is 9.84 Å². The minimum atomic E-state index is -3.18. The Bertz CT molecular complexity index is 988. The summed E-state index contributed by atoms with van der Waals surface area (Å²) in [6.45, 7) is 2.09. The fourth-order valence-electron chi connectivity index (χ4n) is 3.08. The van der Waals surface area contributed by atoms with Crippen molar-refractivity contribution in [3.05, 3.63) is 36.0 Å². The third-order valence-corrected chi connectivity index (χ3v) is 6.43. The van der Waals surface area contributed by atoms with Crippen LogP contribution >= 0.6 is 11.3 Å². The molecule has 0 atom stereocenters. The minimum Gasteiger partial charge on any atom is -0.355 e. The zero-order valence-electron chi connectivity index (χ0n) is 13.3. The van der Waals surface area contributed by atoms with Crippen molar-refractivity contribution < 1.29 is 8.42 Å². The molecule has 0 bridgehead atoms. The average Bonchev–Trinajstić information content (AvgIpc) is 3.23. The molecule has 4 rings (SSSR count). The van der Waals surface area contributed by atoms with Gasteiger partial charge in [0.2, 0.25) is 0 Å². The second kappa shape index (κ2) is 5.82. The lowest BCUT2D eigenvalue weighted by atomic mass is 10.1. The maximum Gasteiger partial charge on any atom is 0.175 e. The molecule has 1 aliphatic rings. The van der Waals surface area contributed by atoms with E-state index in [9.17, 15) is 8.42 Å². The number of anilines is 1.